The maximum Gasteiger partial charge on any atom is 0.251 e. The Hall–Kier alpha value is -2.34. The first-order valence-electron chi connectivity index (χ1n) is 8.13. The van der Waals surface area contributed by atoms with E-state index in [-0.39, 0.29) is 11.8 Å². The summed E-state index contributed by atoms with van der Waals surface area (Å²) < 4.78 is 6.38. The Labute approximate surface area is 155 Å². The molecule has 132 valence electrons. The lowest BCUT2D eigenvalue weighted by Gasteiger charge is -2.08. The fourth-order valence-corrected chi connectivity index (χ4v) is 2.54. The molecule has 5 nitrogen and oxygen atoms in total. The van der Waals surface area contributed by atoms with Crippen LogP contribution in [0.5, 0.6) is 5.75 Å². The highest BCUT2D eigenvalue weighted by molar-refractivity contribution is 9.10. The summed E-state index contributed by atoms with van der Waals surface area (Å²) in [5.74, 6) is 0.596. The number of benzene rings is 2. The van der Waals surface area contributed by atoms with Crippen LogP contribution in [0, 0.1) is 0 Å². The van der Waals surface area contributed by atoms with Crippen LogP contribution < -0.4 is 15.4 Å². The Morgan fingerprint density at radius 3 is 2.48 bits per heavy atom. The predicted molar refractivity (Wildman–Crippen MR) is 101 cm³/mol. The summed E-state index contributed by atoms with van der Waals surface area (Å²) in [5.41, 5.74) is 0.582. The average Bonchev–Trinajstić information content (AvgIpc) is 2.63. The Kier molecular flexibility index (Phi) is 7.98. The van der Waals surface area contributed by atoms with Gasteiger partial charge in [-0.3, -0.25) is 9.59 Å². The molecular weight excluding hydrogens is 384 g/mol. The zero-order valence-corrected chi connectivity index (χ0v) is 15.4. The van der Waals surface area contributed by atoms with E-state index in [0.717, 1.165) is 10.2 Å². The van der Waals surface area contributed by atoms with E-state index in [1.807, 2.05) is 36.4 Å². The first-order chi connectivity index (χ1) is 12.1. The molecule has 0 saturated heterocycles. The third-order valence-corrected chi connectivity index (χ3v) is 3.87. The molecule has 2 amide bonds. The third kappa shape index (κ3) is 7.39. The van der Waals surface area contributed by atoms with Gasteiger partial charge in [-0.05, 0) is 36.8 Å². The zero-order chi connectivity index (χ0) is 17.9. The third-order valence-electron chi connectivity index (χ3n) is 3.38. The van der Waals surface area contributed by atoms with Crippen LogP contribution in [-0.2, 0) is 4.79 Å². The number of rotatable bonds is 9. The quantitative estimate of drug-likeness (QED) is 0.630. The van der Waals surface area contributed by atoms with E-state index in [0.29, 0.717) is 38.1 Å². The number of amides is 2. The summed E-state index contributed by atoms with van der Waals surface area (Å²) in [5, 5.41) is 5.55. The molecule has 0 aliphatic heterocycles. The minimum Gasteiger partial charge on any atom is -0.494 e. The molecule has 0 heterocycles. The fraction of sp³-hybridized carbons (Fsp3) is 0.263. The van der Waals surface area contributed by atoms with Crippen LogP contribution in [0.1, 0.15) is 23.2 Å². The largest absolute Gasteiger partial charge is 0.494 e. The topological polar surface area (TPSA) is 67.4 Å². The molecule has 0 aliphatic carbocycles. The molecule has 0 aliphatic rings. The molecule has 0 bridgehead atoms. The molecule has 25 heavy (non-hydrogen) atoms. The Bertz CT molecular complexity index is 692. The van der Waals surface area contributed by atoms with Gasteiger partial charge in [0.1, 0.15) is 5.75 Å². The van der Waals surface area contributed by atoms with Crippen molar-refractivity contribution in [2.75, 3.05) is 19.7 Å². The van der Waals surface area contributed by atoms with Crippen molar-refractivity contribution in [2.45, 2.75) is 12.8 Å². The first-order valence-corrected chi connectivity index (χ1v) is 8.93. The highest BCUT2D eigenvalue weighted by Crippen LogP contribution is 2.11. The molecule has 0 radical (unpaired) electrons. The molecule has 2 aromatic carbocycles. The standard InChI is InChI=1S/C19H21BrN2O3/c20-16-7-4-6-15(14-16)19(24)22-12-11-21-18(23)10-5-13-25-17-8-2-1-3-9-17/h1-4,6-9,14H,5,10-13H2,(H,21,23)(H,22,24). The van der Waals surface area contributed by atoms with Crippen molar-refractivity contribution in [3.8, 4) is 5.75 Å². The monoisotopic (exact) mass is 404 g/mol. The van der Waals surface area contributed by atoms with Gasteiger partial charge in [0.25, 0.3) is 5.91 Å². The summed E-state index contributed by atoms with van der Waals surface area (Å²) in [6, 6.07) is 16.7. The van der Waals surface area contributed by atoms with Crippen molar-refractivity contribution >= 4 is 27.7 Å². The van der Waals surface area contributed by atoms with E-state index in [1.165, 1.54) is 0 Å². The summed E-state index contributed by atoms with van der Waals surface area (Å²) in [4.78, 5) is 23.7. The van der Waals surface area contributed by atoms with Crippen molar-refractivity contribution < 1.29 is 14.3 Å². The predicted octanol–water partition coefficient (Wildman–Crippen LogP) is 3.15. The summed E-state index contributed by atoms with van der Waals surface area (Å²) in [6.45, 7) is 1.28. The van der Waals surface area contributed by atoms with Gasteiger partial charge in [0.15, 0.2) is 0 Å². The SMILES string of the molecule is O=C(CCCOc1ccccc1)NCCNC(=O)c1cccc(Br)c1. The van der Waals surface area contributed by atoms with Crippen LogP contribution >= 0.6 is 15.9 Å². The molecule has 0 atom stereocenters. The summed E-state index contributed by atoms with van der Waals surface area (Å²) >= 11 is 3.33. The maximum absolute atomic E-state index is 11.9. The second kappa shape index (κ2) is 10.5. The van der Waals surface area contributed by atoms with Crippen molar-refractivity contribution in [2.24, 2.45) is 0 Å². The van der Waals surface area contributed by atoms with Gasteiger partial charge in [-0.2, -0.15) is 0 Å². The summed E-state index contributed by atoms with van der Waals surface area (Å²) in [6.07, 6.45) is 1.04. The Morgan fingerprint density at radius 2 is 1.72 bits per heavy atom. The smallest absolute Gasteiger partial charge is 0.251 e. The van der Waals surface area contributed by atoms with Crippen molar-refractivity contribution in [3.05, 3.63) is 64.6 Å². The molecular formula is C19H21BrN2O3. The van der Waals surface area contributed by atoms with Gasteiger partial charge in [-0.1, -0.05) is 40.2 Å². The second-order valence-corrected chi connectivity index (χ2v) is 6.30. The molecule has 0 unspecified atom stereocenters. The molecule has 6 heteroatoms. The number of hydrogen-bond acceptors (Lipinski definition) is 3. The maximum atomic E-state index is 11.9. The van der Waals surface area contributed by atoms with Crippen LogP contribution in [0.25, 0.3) is 0 Å². The van der Waals surface area contributed by atoms with Crippen LogP contribution in [0.15, 0.2) is 59.1 Å². The first kappa shape index (κ1) is 19.0. The number of hydrogen-bond donors (Lipinski definition) is 2. The molecule has 0 aromatic heterocycles. The minimum absolute atomic E-state index is 0.0478. The van der Waals surface area contributed by atoms with E-state index in [4.69, 9.17) is 4.74 Å². The van der Waals surface area contributed by atoms with Gasteiger partial charge >= 0.3 is 0 Å². The highest BCUT2D eigenvalue weighted by atomic mass is 79.9. The van der Waals surface area contributed by atoms with Crippen molar-refractivity contribution in [3.63, 3.8) is 0 Å². The second-order valence-electron chi connectivity index (χ2n) is 5.38. The van der Waals surface area contributed by atoms with Gasteiger partial charge in [0, 0.05) is 29.5 Å². The molecule has 0 saturated carbocycles. The molecule has 2 N–H and O–H groups in total. The van der Waals surface area contributed by atoms with E-state index in [1.54, 1.807) is 18.2 Å². The van der Waals surface area contributed by atoms with Crippen LogP contribution in [0.4, 0.5) is 0 Å². The minimum atomic E-state index is -0.160. The number of ether oxygens (including phenoxy) is 1. The summed E-state index contributed by atoms with van der Waals surface area (Å²) in [7, 11) is 0. The van der Waals surface area contributed by atoms with E-state index < -0.39 is 0 Å². The molecule has 2 aromatic rings. The van der Waals surface area contributed by atoms with Gasteiger partial charge in [-0.25, -0.2) is 0 Å². The van der Waals surface area contributed by atoms with Gasteiger partial charge in [0.05, 0.1) is 6.61 Å². The number of nitrogens with one attached hydrogen (secondary N) is 2. The number of halogens is 1. The molecule has 0 fully saturated rings. The Morgan fingerprint density at radius 1 is 0.960 bits per heavy atom. The lowest BCUT2D eigenvalue weighted by molar-refractivity contribution is -0.121. The Balaban J connectivity index is 1.54. The van der Waals surface area contributed by atoms with E-state index >= 15 is 0 Å². The van der Waals surface area contributed by atoms with E-state index in [2.05, 4.69) is 26.6 Å². The zero-order valence-electron chi connectivity index (χ0n) is 13.8. The van der Waals surface area contributed by atoms with Gasteiger partial charge in [0.2, 0.25) is 5.91 Å². The number of carbonyl (C=O) groups excluding carboxylic acids is 2. The van der Waals surface area contributed by atoms with Crippen LogP contribution in [-0.4, -0.2) is 31.5 Å². The van der Waals surface area contributed by atoms with Gasteiger partial charge in [-0.15, -0.1) is 0 Å². The van der Waals surface area contributed by atoms with Crippen LogP contribution in [0.2, 0.25) is 0 Å². The van der Waals surface area contributed by atoms with Crippen molar-refractivity contribution in [1.82, 2.24) is 10.6 Å². The van der Waals surface area contributed by atoms with Gasteiger partial charge < -0.3 is 15.4 Å². The average molecular weight is 405 g/mol. The fourth-order valence-electron chi connectivity index (χ4n) is 2.14. The molecule has 0 spiro atoms. The number of carbonyl (C=O) groups is 2. The normalized spacial score (nSPS) is 10.1. The molecule has 2 rings (SSSR count). The lowest BCUT2D eigenvalue weighted by atomic mass is 10.2. The van der Waals surface area contributed by atoms with E-state index in [9.17, 15) is 9.59 Å². The highest BCUT2D eigenvalue weighted by Gasteiger charge is 2.05. The van der Waals surface area contributed by atoms with Crippen LogP contribution in [0.3, 0.4) is 0 Å². The lowest BCUT2D eigenvalue weighted by Crippen LogP contribution is -2.34. The number of para-hydroxylation sites is 1. The van der Waals surface area contributed by atoms with Crippen molar-refractivity contribution in [1.29, 1.82) is 0 Å².